The van der Waals surface area contributed by atoms with Gasteiger partial charge in [0, 0.05) is 24.7 Å². The molecule has 0 aliphatic carbocycles. The number of methoxy groups -OCH3 is 1. The van der Waals surface area contributed by atoms with Gasteiger partial charge < -0.3 is 14.5 Å². The second-order valence-electron chi connectivity index (χ2n) is 5.38. The maximum atomic E-state index is 12.2. The fourth-order valence-electron chi connectivity index (χ4n) is 2.54. The zero-order chi connectivity index (χ0) is 16.9. The molecule has 3 aromatic rings. The molecule has 1 N–H and O–H groups in total. The van der Waals surface area contributed by atoms with Crippen molar-refractivity contribution < 1.29 is 9.53 Å². The molecule has 2 heterocycles. The number of amides is 1. The summed E-state index contributed by atoms with van der Waals surface area (Å²) in [6.45, 7) is 0.601. The van der Waals surface area contributed by atoms with Gasteiger partial charge in [-0.3, -0.25) is 4.79 Å². The summed E-state index contributed by atoms with van der Waals surface area (Å²) in [6.07, 6.45) is 5.51. The minimum Gasteiger partial charge on any atom is -0.496 e. The van der Waals surface area contributed by atoms with E-state index in [0.717, 1.165) is 28.7 Å². The molecule has 0 aliphatic heterocycles. The molecule has 0 atom stereocenters. The third kappa shape index (κ3) is 3.59. The SMILES string of the molecule is COc1ccc(C(=O)NCCCc2ncc3ccccn23)cc1Br. The number of benzene rings is 1. The first-order valence-corrected chi connectivity index (χ1v) is 8.51. The predicted molar refractivity (Wildman–Crippen MR) is 96.5 cm³/mol. The van der Waals surface area contributed by atoms with Gasteiger partial charge >= 0.3 is 0 Å². The van der Waals surface area contributed by atoms with Crippen LogP contribution in [0.5, 0.6) is 5.75 Å². The molecule has 1 amide bonds. The normalized spacial score (nSPS) is 10.8. The summed E-state index contributed by atoms with van der Waals surface area (Å²) in [5.41, 5.74) is 1.69. The number of halogens is 1. The fraction of sp³-hybridized carbons (Fsp3) is 0.222. The third-order valence-corrected chi connectivity index (χ3v) is 4.41. The average molecular weight is 388 g/mol. The number of carbonyl (C=O) groups excluding carboxylic acids is 1. The van der Waals surface area contributed by atoms with Crippen LogP contribution in [-0.4, -0.2) is 28.9 Å². The first-order valence-electron chi connectivity index (χ1n) is 7.72. The minimum absolute atomic E-state index is 0.0914. The van der Waals surface area contributed by atoms with Crippen molar-refractivity contribution in [2.75, 3.05) is 13.7 Å². The molecule has 6 heteroatoms. The Labute approximate surface area is 148 Å². The highest BCUT2D eigenvalue weighted by molar-refractivity contribution is 9.10. The number of aryl methyl sites for hydroxylation is 1. The molecule has 0 aliphatic rings. The van der Waals surface area contributed by atoms with Gasteiger partial charge in [0.1, 0.15) is 11.6 Å². The Morgan fingerprint density at radius 1 is 1.33 bits per heavy atom. The molecule has 0 fully saturated rings. The Bertz CT molecular complexity index is 860. The van der Waals surface area contributed by atoms with Gasteiger partial charge in [0.15, 0.2) is 0 Å². The van der Waals surface area contributed by atoms with Gasteiger partial charge in [-0.1, -0.05) is 6.07 Å². The maximum absolute atomic E-state index is 12.2. The first-order chi connectivity index (χ1) is 11.7. The lowest BCUT2D eigenvalue weighted by atomic mass is 10.2. The highest BCUT2D eigenvalue weighted by Crippen LogP contribution is 2.25. The van der Waals surface area contributed by atoms with E-state index in [4.69, 9.17) is 4.74 Å². The Morgan fingerprint density at radius 3 is 3.00 bits per heavy atom. The highest BCUT2D eigenvalue weighted by Gasteiger charge is 2.09. The van der Waals surface area contributed by atoms with E-state index in [2.05, 4.69) is 30.6 Å². The van der Waals surface area contributed by atoms with Crippen molar-refractivity contribution >= 4 is 27.4 Å². The highest BCUT2D eigenvalue weighted by atomic mass is 79.9. The minimum atomic E-state index is -0.0914. The Kier molecular flexibility index (Phi) is 5.15. The van der Waals surface area contributed by atoms with Crippen LogP contribution in [0, 0.1) is 0 Å². The van der Waals surface area contributed by atoms with E-state index in [9.17, 15) is 4.79 Å². The first kappa shape index (κ1) is 16.5. The summed E-state index contributed by atoms with van der Waals surface area (Å²) in [5, 5.41) is 2.94. The van der Waals surface area contributed by atoms with E-state index >= 15 is 0 Å². The lowest BCUT2D eigenvalue weighted by Crippen LogP contribution is -2.24. The largest absolute Gasteiger partial charge is 0.496 e. The summed E-state index contributed by atoms with van der Waals surface area (Å²) in [7, 11) is 1.60. The van der Waals surface area contributed by atoms with Crippen molar-refractivity contribution in [3.63, 3.8) is 0 Å². The van der Waals surface area contributed by atoms with Crippen LogP contribution in [-0.2, 0) is 6.42 Å². The molecule has 2 aromatic heterocycles. The molecule has 1 aromatic carbocycles. The number of hydrogen-bond donors (Lipinski definition) is 1. The number of carbonyl (C=O) groups is 1. The van der Waals surface area contributed by atoms with Crippen molar-refractivity contribution in [1.82, 2.24) is 14.7 Å². The molecule has 24 heavy (non-hydrogen) atoms. The van der Waals surface area contributed by atoms with Gasteiger partial charge in [0.05, 0.1) is 23.3 Å². The van der Waals surface area contributed by atoms with Crippen molar-refractivity contribution in [3.05, 3.63) is 64.7 Å². The van der Waals surface area contributed by atoms with Crippen LogP contribution in [0.2, 0.25) is 0 Å². The lowest BCUT2D eigenvalue weighted by molar-refractivity contribution is 0.0953. The van der Waals surface area contributed by atoms with Gasteiger partial charge in [-0.25, -0.2) is 4.98 Å². The maximum Gasteiger partial charge on any atom is 0.251 e. The number of pyridine rings is 1. The fourth-order valence-corrected chi connectivity index (χ4v) is 3.08. The van der Waals surface area contributed by atoms with Crippen molar-refractivity contribution in [1.29, 1.82) is 0 Å². The van der Waals surface area contributed by atoms with E-state index in [0.29, 0.717) is 17.9 Å². The monoisotopic (exact) mass is 387 g/mol. The Balaban J connectivity index is 1.53. The summed E-state index contributed by atoms with van der Waals surface area (Å²) < 4.78 is 8.00. The van der Waals surface area contributed by atoms with E-state index in [1.807, 2.05) is 30.6 Å². The second kappa shape index (κ2) is 7.49. The lowest BCUT2D eigenvalue weighted by Gasteiger charge is -2.08. The van der Waals surface area contributed by atoms with E-state index in [-0.39, 0.29) is 5.91 Å². The molecule has 3 rings (SSSR count). The Morgan fingerprint density at radius 2 is 2.21 bits per heavy atom. The van der Waals surface area contributed by atoms with E-state index in [1.54, 1.807) is 25.3 Å². The molecule has 0 spiro atoms. The molecule has 0 saturated carbocycles. The number of fused-ring (bicyclic) bond motifs is 1. The number of hydrogen-bond acceptors (Lipinski definition) is 3. The van der Waals surface area contributed by atoms with Crippen LogP contribution in [0.3, 0.4) is 0 Å². The number of ether oxygens (including phenoxy) is 1. The molecular weight excluding hydrogens is 370 g/mol. The van der Waals surface area contributed by atoms with Crippen LogP contribution < -0.4 is 10.1 Å². The number of nitrogens with one attached hydrogen (secondary N) is 1. The van der Waals surface area contributed by atoms with Crippen LogP contribution in [0.4, 0.5) is 0 Å². The van der Waals surface area contributed by atoms with Crippen LogP contribution in [0.1, 0.15) is 22.6 Å². The van der Waals surface area contributed by atoms with Crippen molar-refractivity contribution in [2.45, 2.75) is 12.8 Å². The van der Waals surface area contributed by atoms with Crippen molar-refractivity contribution in [2.24, 2.45) is 0 Å². The average Bonchev–Trinajstić information content (AvgIpc) is 3.01. The molecule has 0 unspecified atom stereocenters. The zero-order valence-corrected chi connectivity index (χ0v) is 14.9. The number of aromatic nitrogens is 2. The number of rotatable bonds is 6. The van der Waals surface area contributed by atoms with Gasteiger partial charge in [-0.05, 0) is 52.7 Å². The van der Waals surface area contributed by atoms with Crippen LogP contribution in [0.25, 0.3) is 5.52 Å². The molecule has 124 valence electrons. The van der Waals surface area contributed by atoms with Gasteiger partial charge in [0.2, 0.25) is 0 Å². The third-order valence-electron chi connectivity index (χ3n) is 3.79. The van der Waals surface area contributed by atoms with Gasteiger partial charge in [-0.15, -0.1) is 0 Å². The number of nitrogens with zero attached hydrogens (tertiary/aromatic N) is 2. The molecule has 0 bridgehead atoms. The van der Waals surface area contributed by atoms with Gasteiger partial charge in [-0.2, -0.15) is 0 Å². The summed E-state index contributed by atoms with van der Waals surface area (Å²) >= 11 is 3.39. The topological polar surface area (TPSA) is 55.6 Å². The molecule has 5 nitrogen and oxygen atoms in total. The van der Waals surface area contributed by atoms with Crippen molar-refractivity contribution in [3.8, 4) is 5.75 Å². The molecule has 0 saturated heterocycles. The molecule has 0 radical (unpaired) electrons. The Hall–Kier alpha value is -2.34. The van der Waals surface area contributed by atoms with Crippen LogP contribution in [0.15, 0.2) is 53.3 Å². The summed E-state index contributed by atoms with van der Waals surface area (Å²) in [4.78, 5) is 16.6. The smallest absolute Gasteiger partial charge is 0.251 e. The van der Waals surface area contributed by atoms with Crippen LogP contribution >= 0.6 is 15.9 Å². The number of imidazole rings is 1. The summed E-state index contributed by atoms with van der Waals surface area (Å²) in [5.74, 6) is 1.62. The summed E-state index contributed by atoms with van der Waals surface area (Å²) in [6, 6.07) is 11.3. The standard InChI is InChI=1S/C18H18BrN3O2/c1-24-16-8-7-13(11-15(16)19)18(23)20-9-4-6-17-21-12-14-5-2-3-10-22(14)17/h2-3,5,7-8,10-12H,4,6,9H2,1H3,(H,20,23). The zero-order valence-electron chi connectivity index (χ0n) is 13.3. The van der Waals surface area contributed by atoms with E-state index in [1.165, 1.54) is 0 Å². The quantitative estimate of drug-likeness (QED) is 0.658. The predicted octanol–water partition coefficient (Wildman–Crippen LogP) is 3.47. The van der Waals surface area contributed by atoms with Gasteiger partial charge in [0.25, 0.3) is 5.91 Å². The molecular formula is C18H18BrN3O2. The second-order valence-corrected chi connectivity index (χ2v) is 6.23. The van der Waals surface area contributed by atoms with E-state index < -0.39 is 0 Å².